The molecule has 1 aliphatic carbocycles. The van der Waals surface area contributed by atoms with Crippen LogP contribution in [-0.2, 0) is 9.47 Å². The fourth-order valence-corrected chi connectivity index (χ4v) is 1.34. The summed E-state index contributed by atoms with van der Waals surface area (Å²) in [5, 5.41) is 0. The fraction of sp³-hybridized carbons (Fsp3) is 0.583. The first-order valence-corrected chi connectivity index (χ1v) is 5.70. The maximum Gasteiger partial charge on any atom is 0.359 e. The van der Waals surface area contributed by atoms with Crippen LogP contribution in [0.25, 0.3) is 5.53 Å². The molecular formula is C12H18N2O2. The number of hydrogen-bond donors (Lipinski definition) is 0. The van der Waals surface area contributed by atoms with Crippen LogP contribution in [0.4, 0.5) is 0 Å². The summed E-state index contributed by atoms with van der Waals surface area (Å²) < 4.78 is 10.9. The molecule has 0 atom stereocenters. The lowest BCUT2D eigenvalue weighted by Crippen LogP contribution is -2.12. The van der Waals surface area contributed by atoms with Crippen LogP contribution in [0.1, 0.15) is 33.1 Å². The molecule has 0 saturated heterocycles. The first-order valence-electron chi connectivity index (χ1n) is 5.70. The van der Waals surface area contributed by atoms with Crippen LogP contribution in [0, 0.1) is 0 Å². The van der Waals surface area contributed by atoms with Crippen molar-refractivity contribution in [1.29, 1.82) is 0 Å². The molecule has 16 heavy (non-hydrogen) atoms. The molecule has 0 radical (unpaired) electrons. The van der Waals surface area contributed by atoms with Gasteiger partial charge in [-0.3, -0.25) is 0 Å². The van der Waals surface area contributed by atoms with E-state index in [0.717, 1.165) is 18.6 Å². The Bertz CT molecular complexity index is 339. The molecule has 0 amide bonds. The average molecular weight is 222 g/mol. The van der Waals surface area contributed by atoms with Crippen molar-refractivity contribution < 1.29 is 14.3 Å². The normalized spacial score (nSPS) is 15.0. The van der Waals surface area contributed by atoms with Gasteiger partial charge in [0.15, 0.2) is 0 Å². The first kappa shape index (κ1) is 12.5. The van der Waals surface area contributed by atoms with Gasteiger partial charge < -0.3 is 15.0 Å². The van der Waals surface area contributed by atoms with Crippen molar-refractivity contribution in [2.45, 2.75) is 33.1 Å². The van der Waals surface area contributed by atoms with Crippen LogP contribution < -0.4 is 0 Å². The van der Waals surface area contributed by atoms with Gasteiger partial charge in [0.25, 0.3) is 0 Å². The Balaban J connectivity index is 2.61. The topological polar surface area (TPSA) is 54.9 Å². The molecule has 0 aromatic heterocycles. The van der Waals surface area contributed by atoms with Crippen molar-refractivity contribution in [1.82, 2.24) is 0 Å². The van der Waals surface area contributed by atoms with Gasteiger partial charge in [0.05, 0.1) is 19.3 Å². The lowest BCUT2D eigenvalue weighted by atomic mass is 10.1. The second-order valence-corrected chi connectivity index (χ2v) is 3.57. The Kier molecular flexibility index (Phi) is 5.37. The number of allylic oxidation sites excluding steroid dienone is 2. The number of ether oxygens (including phenoxy) is 2. The monoisotopic (exact) mass is 222 g/mol. The van der Waals surface area contributed by atoms with Crippen molar-refractivity contribution >= 4 is 5.71 Å². The minimum Gasteiger partial charge on any atom is -0.497 e. The van der Waals surface area contributed by atoms with Gasteiger partial charge in [-0.2, -0.15) is 4.79 Å². The zero-order valence-corrected chi connectivity index (χ0v) is 9.90. The first-order chi connectivity index (χ1) is 7.81. The molecule has 4 nitrogen and oxygen atoms in total. The number of rotatable bonds is 6. The maximum atomic E-state index is 8.87. The Labute approximate surface area is 96.2 Å². The summed E-state index contributed by atoms with van der Waals surface area (Å²) in [4.78, 5) is 3.21. The zero-order chi connectivity index (χ0) is 11.8. The molecule has 0 saturated carbocycles. The van der Waals surface area contributed by atoms with E-state index in [1.165, 1.54) is 0 Å². The van der Waals surface area contributed by atoms with Gasteiger partial charge in [0, 0.05) is 6.42 Å². The molecular weight excluding hydrogens is 204 g/mol. The third kappa shape index (κ3) is 3.55. The molecule has 4 heteroatoms. The highest BCUT2D eigenvalue weighted by atomic mass is 16.5. The molecule has 0 aliphatic heterocycles. The van der Waals surface area contributed by atoms with Crippen LogP contribution in [-0.4, -0.2) is 23.7 Å². The Morgan fingerprint density at radius 2 is 1.94 bits per heavy atom. The average Bonchev–Trinajstić information content (AvgIpc) is 2.34. The Morgan fingerprint density at radius 3 is 2.56 bits per heavy atom. The summed E-state index contributed by atoms with van der Waals surface area (Å²) in [5.74, 6) is 1.45. The van der Waals surface area contributed by atoms with Crippen molar-refractivity contribution in [2.75, 3.05) is 13.2 Å². The fourth-order valence-electron chi connectivity index (χ4n) is 1.34. The molecule has 88 valence electrons. The summed E-state index contributed by atoms with van der Waals surface area (Å²) in [6.07, 6.45) is 6.19. The molecule has 0 bridgehead atoms. The van der Waals surface area contributed by atoms with E-state index in [-0.39, 0.29) is 0 Å². The van der Waals surface area contributed by atoms with Crippen molar-refractivity contribution in [2.24, 2.45) is 0 Å². The molecule has 0 aromatic rings. The molecule has 0 heterocycles. The highest BCUT2D eigenvalue weighted by molar-refractivity contribution is 6.04. The standard InChI is InChI=1S/C12H18N2O2/c1-3-7-15-10-5-6-12(16-8-4-2)11(9-10)14-13/h6,9H,3-5,7-8H2,1-2H3. The van der Waals surface area contributed by atoms with Gasteiger partial charge in [-0.15, -0.1) is 0 Å². The van der Waals surface area contributed by atoms with E-state index < -0.39 is 0 Å². The van der Waals surface area contributed by atoms with E-state index in [4.69, 9.17) is 15.0 Å². The van der Waals surface area contributed by atoms with E-state index >= 15 is 0 Å². The third-order valence-corrected chi connectivity index (χ3v) is 2.10. The molecule has 0 spiro atoms. The lowest BCUT2D eigenvalue weighted by molar-refractivity contribution is -0.00855. The maximum absolute atomic E-state index is 8.87. The highest BCUT2D eigenvalue weighted by Crippen LogP contribution is 2.17. The van der Waals surface area contributed by atoms with E-state index in [2.05, 4.69) is 11.7 Å². The quantitative estimate of drug-likeness (QED) is 0.512. The van der Waals surface area contributed by atoms with Crippen LogP contribution in [0.2, 0.25) is 0 Å². The third-order valence-electron chi connectivity index (χ3n) is 2.10. The zero-order valence-electron chi connectivity index (χ0n) is 9.90. The molecule has 1 rings (SSSR count). The van der Waals surface area contributed by atoms with Crippen LogP contribution in [0.15, 0.2) is 23.7 Å². The Hall–Kier alpha value is -1.54. The molecule has 0 unspecified atom stereocenters. The van der Waals surface area contributed by atoms with Gasteiger partial charge in [0.2, 0.25) is 5.76 Å². The summed E-state index contributed by atoms with van der Waals surface area (Å²) in [5.41, 5.74) is 9.31. The molecule has 1 aliphatic rings. The van der Waals surface area contributed by atoms with Crippen molar-refractivity contribution in [3.8, 4) is 0 Å². The Morgan fingerprint density at radius 1 is 1.25 bits per heavy atom. The molecule has 0 aromatic carbocycles. The van der Waals surface area contributed by atoms with Crippen LogP contribution in [0.5, 0.6) is 0 Å². The van der Waals surface area contributed by atoms with Crippen molar-refractivity contribution in [3.63, 3.8) is 0 Å². The van der Waals surface area contributed by atoms with Gasteiger partial charge in [0.1, 0.15) is 5.76 Å². The van der Waals surface area contributed by atoms with Crippen molar-refractivity contribution in [3.05, 3.63) is 29.2 Å². The summed E-state index contributed by atoms with van der Waals surface area (Å²) >= 11 is 0. The van der Waals surface area contributed by atoms with Crippen LogP contribution in [0.3, 0.4) is 0 Å². The minimum absolute atomic E-state index is 0.436. The summed E-state index contributed by atoms with van der Waals surface area (Å²) in [7, 11) is 0. The minimum atomic E-state index is 0.436. The van der Waals surface area contributed by atoms with Crippen LogP contribution >= 0.6 is 0 Å². The van der Waals surface area contributed by atoms with E-state index in [0.29, 0.717) is 31.1 Å². The number of hydrogen-bond acceptors (Lipinski definition) is 2. The number of nitrogens with zero attached hydrogens (tertiary/aromatic N) is 2. The van der Waals surface area contributed by atoms with E-state index in [1.807, 2.05) is 13.0 Å². The smallest absolute Gasteiger partial charge is 0.359 e. The molecule has 0 fully saturated rings. The largest absolute Gasteiger partial charge is 0.497 e. The second-order valence-electron chi connectivity index (χ2n) is 3.57. The highest BCUT2D eigenvalue weighted by Gasteiger charge is 2.20. The van der Waals surface area contributed by atoms with Gasteiger partial charge in [-0.25, -0.2) is 0 Å². The lowest BCUT2D eigenvalue weighted by Gasteiger charge is -2.12. The summed E-state index contributed by atoms with van der Waals surface area (Å²) in [6, 6.07) is 0. The SMILES string of the molecule is CCCOC1=CC(=[N+]=[N-])C(OCCC)=CC1. The van der Waals surface area contributed by atoms with Gasteiger partial charge >= 0.3 is 5.71 Å². The predicted octanol–water partition coefficient (Wildman–Crippen LogP) is 2.68. The van der Waals surface area contributed by atoms with E-state index in [9.17, 15) is 0 Å². The summed E-state index contributed by atoms with van der Waals surface area (Å²) in [6.45, 7) is 5.40. The van der Waals surface area contributed by atoms with Gasteiger partial charge in [-0.1, -0.05) is 13.8 Å². The predicted molar refractivity (Wildman–Crippen MR) is 61.9 cm³/mol. The van der Waals surface area contributed by atoms with Gasteiger partial charge in [-0.05, 0) is 18.9 Å². The second kappa shape index (κ2) is 6.85. The molecule has 0 N–H and O–H groups in total. The van der Waals surface area contributed by atoms with E-state index in [1.54, 1.807) is 6.08 Å².